The first kappa shape index (κ1) is 25.6. The number of hydrogen-bond donors (Lipinski definition) is 2. The van der Waals surface area contributed by atoms with Crippen molar-refractivity contribution in [3.05, 3.63) is 88.3 Å². The van der Waals surface area contributed by atoms with Crippen LogP contribution in [0.15, 0.2) is 71.5 Å². The fraction of sp³-hybridized carbons (Fsp3) is 0.290. The molecule has 6 rings (SSSR count). The minimum absolute atomic E-state index is 0.0338. The summed E-state index contributed by atoms with van der Waals surface area (Å²) in [6.07, 6.45) is 1.04. The maximum absolute atomic E-state index is 13.4. The zero-order valence-electron chi connectivity index (χ0n) is 22.7. The number of benzene rings is 3. The molecule has 1 aliphatic rings. The number of H-pyrrole nitrogens is 1. The van der Waals surface area contributed by atoms with E-state index in [0.717, 1.165) is 16.5 Å². The molecule has 0 unspecified atom stereocenters. The van der Waals surface area contributed by atoms with Crippen molar-refractivity contribution in [2.75, 3.05) is 18.4 Å². The van der Waals surface area contributed by atoms with E-state index in [9.17, 15) is 14.4 Å². The number of amides is 2. The minimum Gasteiger partial charge on any atom is -0.444 e. The maximum Gasteiger partial charge on any atom is 0.410 e. The van der Waals surface area contributed by atoms with Gasteiger partial charge >= 0.3 is 6.09 Å². The Morgan fingerprint density at radius 1 is 1.00 bits per heavy atom. The van der Waals surface area contributed by atoms with E-state index in [4.69, 9.17) is 9.84 Å². The Kier molecular flexibility index (Phi) is 6.29. The Morgan fingerprint density at radius 3 is 2.50 bits per heavy atom. The second-order valence-corrected chi connectivity index (χ2v) is 11.2. The van der Waals surface area contributed by atoms with Gasteiger partial charge in [0.05, 0.1) is 22.3 Å². The van der Waals surface area contributed by atoms with Crippen molar-refractivity contribution >= 4 is 45.0 Å². The molecule has 0 atom stereocenters. The van der Waals surface area contributed by atoms with Gasteiger partial charge in [0.15, 0.2) is 0 Å². The standard InChI is InChI=1S/C31H31N5O4/c1-31(2,3)40-30(39)35-16-14-20(15-17-35)25-18-26(37)33-28-27-23(12-7-13-24(27)34-36(25)28)32-29(38)22-11-6-9-19-8-4-5-10-21(19)22/h4-13,18,20H,14-17H2,1-3H3,(H,32,38)(H,33,37). The van der Waals surface area contributed by atoms with Crippen LogP contribution in [-0.4, -0.2) is 50.2 Å². The fourth-order valence-electron chi connectivity index (χ4n) is 5.48. The van der Waals surface area contributed by atoms with Crippen molar-refractivity contribution in [1.82, 2.24) is 19.5 Å². The Morgan fingerprint density at radius 2 is 1.73 bits per heavy atom. The number of nitrogens with one attached hydrogen (secondary N) is 2. The molecule has 9 nitrogen and oxygen atoms in total. The van der Waals surface area contributed by atoms with Gasteiger partial charge in [-0.25, -0.2) is 9.31 Å². The third kappa shape index (κ3) is 4.79. The monoisotopic (exact) mass is 537 g/mol. The molecular weight excluding hydrogens is 506 g/mol. The zero-order valence-corrected chi connectivity index (χ0v) is 22.7. The van der Waals surface area contributed by atoms with Crippen LogP contribution in [0.25, 0.3) is 27.3 Å². The minimum atomic E-state index is -0.553. The van der Waals surface area contributed by atoms with Crippen LogP contribution in [0.5, 0.6) is 0 Å². The zero-order chi connectivity index (χ0) is 28.0. The fourth-order valence-corrected chi connectivity index (χ4v) is 5.48. The number of carbonyl (C=O) groups is 2. The average Bonchev–Trinajstić information content (AvgIpc) is 3.30. The molecule has 0 spiro atoms. The van der Waals surface area contributed by atoms with Gasteiger partial charge in [-0.1, -0.05) is 42.5 Å². The van der Waals surface area contributed by atoms with Gasteiger partial charge in [-0.2, -0.15) is 5.10 Å². The highest BCUT2D eigenvalue weighted by Crippen LogP contribution is 2.32. The van der Waals surface area contributed by atoms with Crippen molar-refractivity contribution in [1.29, 1.82) is 0 Å². The van der Waals surface area contributed by atoms with Gasteiger partial charge in [0, 0.05) is 30.6 Å². The number of aromatic nitrogens is 3. The molecule has 2 N–H and O–H groups in total. The summed E-state index contributed by atoms with van der Waals surface area (Å²) in [5.41, 5.74) is 2.31. The first-order chi connectivity index (χ1) is 19.2. The number of aromatic amines is 1. The van der Waals surface area contributed by atoms with Crippen molar-refractivity contribution < 1.29 is 14.3 Å². The average molecular weight is 538 g/mol. The highest BCUT2D eigenvalue weighted by Gasteiger charge is 2.29. The molecule has 204 valence electrons. The quantitative estimate of drug-likeness (QED) is 0.307. The number of anilines is 1. The maximum atomic E-state index is 13.4. The molecule has 1 aliphatic heterocycles. The normalized spacial score (nSPS) is 14.6. The summed E-state index contributed by atoms with van der Waals surface area (Å²) in [5.74, 6) is -0.205. The summed E-state index contributed by atoms with van der Waals surface area (Å²) in [6.45, 7) is 6.62. The van der Waals surface area contributed by atoms with Crippen molar-refractivity contribution in [3.8, 4) is 0 Å². The lowest BCUT2D eigenvalue weighted by Gasteiger charge is -2.33. The highest BCUT2D eigenvalue weighted by atomic mass is 16.6. The van der Waals surface area contributed by atoms with Crippen molar-refractivity contribution in [2.45, 2.75) is 45.1 Å². The number of piperidine rings is 1. The number of ether oxygens (including phenoxy) is 1. The third-order valence-corrected chi connectivity index (χ3v) is 7.31. The van der Waals surface area contributed by atoms with Gasteiger partial charge in [0.2, 0.25) is 0 Å². The smallest absolute Gasteiger partial charge is 0.410 e. The predicted molar refractivity (Wildman–Crippen MR) is 155 cm³/mol. The van der Waals surface area contributed by atoms with Crippen LogP contribution in [0.4, 0.5) is 10.5 Å². The van der Waals surface area contributed by atoms with Gasteiger partial charge in [-0.15, -0.1) is 0 Å². The molecule has 0 bridgehead atoms. The summed E-state index contributed by atoms with van der Waals surface area (Å²) in [4.78, 5) is 43.5. The molecule has 5 aromatic rings. The van der Waals surface area contributed by atoms with E-state index in [2.05, 4.69) is 10.3 Å². The summed E-state index contributed by atoms with van der Waals surface area (Å²) >= 11 is 0. The predicted octanol–water partition coefficient (Wildman–Crippen LogP) is 5.70. The number of likely N-dealkylation sites (tertiary alicyclic amines) is 1. The molecule has 9 heteroatoms. The molecule has 1 saturated heterocycles. The highest BCUT2D eigenvalue weighted by molar-refractivity contribution is 6.16. The van der Waals surface area contributed by atoms with E-state index >= 15 is 0 Å². The molecule has 0 aliphatic carbocycles. The first-order valence-corrected chi connectivity index (χ1v) is 13.5. The van der Waals surface area contributed by atoms with Gasteiger partial charge in [0.1, 0.15) is 11.2 Å². The Balaban J connectivity index is 1.33. The van der Waals surface area contributed by atoms with Crippen LogP contribution in [0.3, 0.4) is 0 Å². The number of fused-ring (bicyclic) bond motifs is 4. The van der Waals surface area contributed by atoms with E-state index < -0.39 is 5.60 Å². The summed E-state index contributed by atoms with van der Waals surface area (Å²) in [5, 5.41) is 10.4. The Labute approximate surface area is 230 Å². The summed E-state index contributed by atoms with van der Waals surface area (Å²) in [7, 11) is 0. The molecule has 3 aromatic carbocycles. The molecule has 1 fully saturated rings. The van der Waals surface area contributed by atoms with E-state index in [1.807, 2.05) is 75.4 Å². The number of rotatable bonds is 3. The molecule has 0 saturated carbocycles. The van der Waals surface area contributed by atoms with Crippen molar-refractivity contribution in [2.24, 2.45) is 0 Å². The molecular formula is C31H31N5O4. The lowest BCUT2D eigenvalue weighted by molar-refractivity contribution is 0.0203. The first-order valence-electron chi connectivity index (χ1n) is 13.5. The van der Waals surface area contributed by atoms with Crippen LogP contribution >= 0.6 is 0 Å². The van der Waals surface area contributed by atoms with Crippen LogP contribution < -0.4 is 10.9 Å². The number of carbonyl (C=O) groups excluding carboxylic acids is 2. The molecule has 40 heavy (non-hydrogen) atoms. The van der Waals surface area contributed by atoms with Crippen molar-refractivity contribution in [3.63, 3.8) is 0 Å². The van der Waals surface area contributed by atoms with Crippen LogP contribution in [-0.2, 0) is 4.74 Å². The van der Waals surface area contributed by atoms with Gasteiger partial charge < -0.3 is 19.9 Å². The van der Waals surface area contributed by atoms with E-state index in [0.29, 0.717) is 53.7 Å². The van der Waals surface area contributed by atoms with Gasteiger partial charge in [-0.05, 0) is 62.6 Å². The van der Waals surface area contributed by atoms with Crippen LogP contribution in [0.1, 0.15) is 55.6 Å². The van der Waals surface area contributed by atoms with Gasteiger partial charge in [-0.3, -0.25) is 9.59 Å². The van der Waals surface area contributed by atoms with E-state index in [1.165, 1.54) is 0 Å². The number of nitrogens with zero attached hydrogens (tertiary/aromatic N) is 3. The molecule has 2 aromatic heterocycles. The molecule has 3 heterocycles. The lowest BCUT2D eigenvalue weighted by atomic mass is 9.93. The topological polar surface area (TPSA) is 109 Å². The SMILES string of the molecule is CC(C)(C)OC(=O)N1CCC(c2cc(=O)[nH]c3c4c(NC(=O)c5cccc6ccccc56)cccc4nn23)CC1. The largest absolute Gasteiger partial charge is 0.444 e. The number of hydrogen-bond acceptors (Lipinski definition) is 5. The summed E-state index contributed by atoms with van der Waals surface area (Å²) < 4.78 is 7.30. The van der Waals surface area contributed by atoms with Crippen LogP contribution in [0, 0.1) is 0 Å². The molecule has 2 amide bonds. The second kappa shape index (κ2) is 9.82. The molecule has 0 radical (unpaired) electrons. The lowest BCUT2D eigenvalue weighted by Crippen LogP contribution is -2.41. The van der Waals surface area contributed by atoms with Gasteiger partial charge in [0.25, 0.3) is 11.5 Å². The van der Waals surface area contributed by atoms with E-state index in [-0.39, 0.29) is 23.5 Å². The summed E-state index contributed by atoms with van der Waals surface area (Å²) in [6, 6.07) is 20.5. The van der Waals surface area contributed by atoms with Crippen LogP contribution in [0.2, 0.25) is 0 Å². The third-order valence-electron chi connectivity index (χ3n) is 7.31. The second-order valence-electron chi connectivity index (χ2n) is 11.2. The van der Waals surface area contributed by atoms with E-state index in [1.54, 1.807) is 21.5 Å². The Hall–Kier alpha value is -4.66. The Bertz CT molecular complexity index is 1820.